The van der Waals surface area contributed by atoms with E-state index >= 15 is 0 Å². The monoisotopic (exact) mass is 369 g/mol. The van der Waals surface area contributed by atoms with Gasteiger partial charge in [-0.3, -0.25) is 14.4 Å². The van der Waals surface area contributed by atoms with Crippen LogP contribution in [-0.4, -0.2) is 35.4 Å². The SMILES string of the molecule is CCOC(=O)CCCCCCCCCCCC(=O)ON1C(=O)CCC1=O. The second-order valence-corrected chi connectivity index (χ2v) is 6.53. The highest BCUT2D eigenvalue weighted by molar-refractivity contribution is 6.01. The fraction of sp³-hybridized carbons (Fsp3) is 0.789. The van der Waals surface area contributed by atoms with E-state index in [4.69, 9.17) is 9.57 Å². The molecule has 0 saturated carbocycles. The van der Waals surface area contributed by atoms with Crippen molar-refractivity contribution in [3.8, 4) is 0 Å². The van der Waals surface area contributed by atoms with Crippen molar-refractivity contribution in [1.82, 2.24) is 5.06 Å². The first kappa shape index (κ1) is 22.1. The van der Waals surface area contributed by atoms with Crippen molar-refractivity contribution in [1.29, 1.82) is 0 Å². The van der Waals surface area contributed by atoms with Gasteiger partial charge in [-0.15, -0.1) is 5.06 Å². The van der Waals surface area contributed by atoms with Crippen molar-refractivity contribution in [2.75, 3.05) is 6.61 Å². The fourth-order valence-corrected chi connectivity index (χ4v) is 2.81. The first-order valence-corrected chi connectivity index (χ1v) is 9.76. The van der Waals surface area contributed by atoms with E-state index < -0.39 is 17.8 Å². The number of ether oxygens (including phenoxy) is 1. The third kappa shape index (κ3) is 9.53. The van der Waals surface area contributed by atoms with Crippen LogP contribution >= 0.6 is 0 Å². The molecule has 0 spiro atoms. The number of rotatable bonds is 14. The van der Waals surface area contributed by atoms with Gasteiger partial charge in [0.15, 0.2) is 0 Å². The van der Waals surface area contributed by atoms with Gasteiger partial charge in [0.2, 0.25) is 0 Å². The molecule has 148 valence electrons. The number of hydroxylamine groups is 2. The zero-order chi connectivity index (χ0) is 19.2. The summed E-state index contributed by atoms with van der Waals surface area (Å²) in [5, 5.41) is 0.601. The number of imide groups is 1. The molecular weight excluding hydrogens is 338 g/mol. The Balaban J connectivity index is 1.87. The van der Waals surface area contributed by atoms with E-state index in [0.29, 0.717) is 24.5 Å². The highest BCUT2D eigenvalue weighted by Crippen LogP contribution is 2.15. The zero-order valence-electron chi connectivity index (χ0n) is 15.8. The van der Waals surface area contributed by atoms with E-state index in [1.165, 1.54) is 0 Å². The van der Waals surface area contributed by atoms with Crippen LogP contribution in [0.15, 0.2) is 0 Å². The Morgan fingerprint density at radius 2 is 1.19 bits per heavy atom. The molecule has 0 bridgehead atoms. The van der Waals surface area contributed by atoms with Crippen LogP contribution in [0, 0.1) is 0 Å². The van der Waals surface area contributed by atoms with Crippen LogP contribution in [0.5, 0.6) is 0 Å². The first-order valence-electron chi connectivity index (χ1n) is 9.76. The van der Waals surface area contributed by atoms with Gasteiger partial charge < -0.3 is 9.57 Å². The number of carbonyl (C=O) groups excluding carboxylic acids is 4. The summed E-state index contributed by atoms with van der Waals surface area (Å²) in [4.78, 5) is 50.3. The molecule has 0 aromatic rings. The number of carbonyl (C=O) groups is 4. The van der Waals surface area contributed by atoms with Crippen LogP contribution < -0.4 is 0 Å². The van der Waals surface area contributed by atoms with Gasteiger partial charge >= 0.3 is 11.9 Å². The van der Waals surface area contributed by atoms with Gasteiger partial charge in [0.25, 0.3) is 11.8 Å². The minimum atomic E-state index is -0.518. The van der Waals surface area contributed by atoms with E-state index in [1.54, 1.807) is 0 Å². The van der Waals surface area contributed by atoms with Crippen LogP contribution in [0.2, 0.25) is 0 Å². The molecular formula is C19H31NO6. The lowest BCUT2D eigenvalue weighted by Gasteiger charge is -2.12. The quantitative estimate of drug-likeness (QED) is 0.265. The molecule has 0 atom stereocenters. The Bertz CT molecular complexity index is 461. The molecule has 0 aromatic carbocycles. The number of esters is 1. The van der Waals surface area contributed by atoms with Crippen LogP contribution in [-0.2, 0) is 28.8 Å². The first-order chi connectivity index (χ1) is 12.5. The summed E-state index contributed by atoms with van der Waals surface area (Å²) in [6.45, 7) is 2.27. The molecule has 0 aromatic heterocycles. The Labute approximate surface area is 155 Å². The molecule has 0 unspecified atom stereocenters. The summed E-state index contributed by atoms with van der Waals surface area (Å²) in [7, 11) is 0. The number of nitrogens with zero attached hydrogens (tertiary/aromatic N) is 1. The second-order valence-electron chi connectivity index (χ2n) is 6.53. The lowest BCUT2D eigenvalue weighted by Crippen LogP contribution is -2.31. The number of amides is 2. The topological polar surface area (TPSA) is 90.0 Å². The summed E-state index contributed by atoms with van der Waals surface area (Å²) < 4.78 is 4.88. The lowest BCUT2D eigenvalue weighted by atomic mass is 10.1. The Kier molecular flexibility index (Phi) is 11.3. The summed E-state index contributed by atoms with van der Waals surface area (Å²) in [6.07, 6.45) is 10.2. The smallest absolute Gasteiger partial charge is 0.333 e. The normalized spacial score (nSPS) is 14.0. The van der Waals surface area contributed by atoms with Crippen molar-refractivity contribution in [2.45, 2.75) is 90.4 Å². The molecule has 1 fully saturated rings. The molecule has 7 nitrogen and oxygen atoms in total. The minimum absolute atomic E-state index is 0.107. The number of hydrogen-bond donors (Lipinski definition) is 0. The summed E-state index contributed by atoms with van der Waals surface area (Å²) >= 11 is 0. The molecule has 0 N–H and O–H groups in total. The predicted molar refractivity (Wildman–Crippen MR) is 94.6 cm³/mol. The van der Waals surface area contributed by atoms with Crippen LogP contribution in [0.3, 0.4) is 0 Å². The van der Waals surface area contributed by atoms with Gasteiger partial charge in [-0.05, 0) is 19.8 Å². The molecule has 1 aliphatic rings. The molecule has 26 heavy (non-hydrogen) atoms. The van der Waals surface area contributed by atoms with Crippen molar-refractivity contribution in [3.05, 3.63) is 0 Å². The van der Waals surface area contributed by atoms with Crippen LogP contribution in [0.25, 0.3) is 0 Å². The largest absolute Gasteiger partial charge is 0.466 e. The summed E-state index contributed by atoms with van der Waals surface area (Å²) in [6, 6.07) is 0. The van der Waals surface area contributed by atoms with Crippen LogP contribution in [0.1, 0.15) is 90.4 Å². The summed E-state index contributed by atoms with van der Waals surface area (Å²) in [5.74, 6) is -1.50. The zero-order valence-corrected chi connectivity index (χ0v) is 15.8. The van der Waals surface area contributed by atoms with Gasteiger partial charge in [-0.25, -0.2) is 4.79 Å². The average Bonchev–Trinajstić information content (AvgIpc) is 2.92. The van der Waals surface area contributed by atoms with Gasteiger partial charge in [0.05, 0.1) is 6.61 Å². The molecule has 0 aliphatic carbocycles. The van der Waals surface area contributed by atoms with Crippen molar-refractivity contribution in [2.24, 2.45) is 0 Å². The molecule has 1 heterocycles. The molecule has 0 radical (unpaired) electrons. The van der Waals surface area contributed by atoms with Crippen LogP contribution in [0.4, 0.5) is 0 Å². The lowest BCUT2D eigenvalue weighted by molar-refractivity contribution is -0.197. The predicted octanol–water partition coefficient (Wildman–Crippen LogP) is 3.45. The Morgan fingerprint density at radius 1 is 0.769 bits per heavy atom. The standard InChI is InChI=1S/C19H31NO6/c1-2-25-18(23)12-10-8-6-4-3-5-7-9-11-13-19(24)26-20-16(21)14-15-17(20)22/h2-15H2,1H3. The number of unbranched alkanes of at least 4 members (excludes halogenated alkanes) is 8. The summed E-state index contributed by atoms with van der Waals surface area (Å²) in [5.41, 5.74) is 0. The average molecular weight is 369 g/mol. The van der Waals surface area contributed by atoms with Crippen molar-refractivity contribution < 1.29 is 28.8 Å². The molecule has 7 heteroatoms. The number of hydrogen-bond acceptors (Lipinski definition) is 6. The minimum Gasteiger partial charge on any atom is -0.466 e. The maximum atomic E-state index is 11.6. The maximum absolute atomic E-state index is 11.6. The van der Waals surface area contributed by atoms with Gasteiger partial charge in [-0.1, -0.05) is 44.9 Å². The Morgan fingerprint density at radius 3 is 1.65 bits per heavy atom. The van der Waals surface area contributed by atoms with E-state index in [-0.39, 0.29) is 25.2 Å². The van der Waals surface area contributed by atoms with Gasteiger partial charge in [0.1, 0.15) is 0 Å². The van der Waals surface area contributed by atoms with Gasteiger partial charge in [0, 0.05) is 25.7 Å². The Hall–Kier alpha value is -1.92. The second kappa shape index (κ2) is 13.3. The third-order valence-corrected chi connectivity index (χ3v) is 4.27. The van der Waals surface area contributed by atoms with Crippen molar-refractivity contribution >= 4 is 23.8 Å². The molecule has 1 saturated heterocycles. The van der Waals surface area contributed by atoms with E-state index in [1.807, 2.05) is 6.92 Å². The molecule has 1 aliphatic heterocycles. The molecule has 2 amide bonds. The third-order valence-electron chi connectivity index (χ3n) is 4.27. The van der Waals surface area contributed by atoms with E-state index in [2.05, 4.69) is 0 Å². The van der Waals surface area contributed by atoms with Crippen molar-refractivity contribution in [3.63, 3.8) is 0 Å². The van der Waals surface area contributed by atoms with Gasteiger partial charge in [-0.2, -0.15) is 0 Å². The van der Waals surface area contributed by atoms with E-state index in [0.717, 1.165) is 51.4 Å². The highest BCUT2D eigenvalue weighted by Gasteiger charge is 2.32. The van der Waals surface area contributed by atoms with E-state index in [9.17, 15) is 19.2 Å². The maximum Gasteiger partial charge on any atom is 0.333 e. The molecule has 1 rings (SSSR count). The highest BCUT2D eigenvalue weighted by atomic mass is 16.7. The fourth-order valence-electron chi connectivity index (χ4n) is 2.81.